The number of hydrogen-bond acceptors (Lipinski definition) is 3. The molecule has 0 aliphatic carbocycles. The maximum absolute atomic E-state index is 13.0. The number of carbonyl (C=O) groups excluding carboxylic acids is 1. The van der Waals surface area contributed by atoms with E-state index in [0.29, 0.717) is 37.6 Å². The summed E-state index contributed by atoms with van der Waals surface area (Å²) in [6.07, 6.45) is 2.55. The molecule has 2 heterocycles. The minimum atomic E-state index is -0.546. The minimum absolute atomic E-state index is 0.0109. The number of carbonyl (C=O) groups is 1. The van der Waals surface area contributed by atoms with E-state index in [-0.39, 0.29) is 11.7 Å². The topological polar surface area (TPSA) is 43.7 Å². The molecule has 1 aromatic carbocycles. The third-order valence-electron chi connectivity index (χ3n) is 4.51. The van der Waals surface area contributed by atoms with Gasteiger partial charge in [0.1, 0.15) is 29.5 Å². The second-order valence-corrected chi connectivity index (χ2v) is 6.11. The first-order valence-corrected chi connectivity index (χ1v) is 7.87. The minimum Gasteiger partial charge on any atom is -0.491 e. The molecule has 2 aromatic rings. The molecule has 1 atom stereocenters. The summed E-state index contributed by atoms with van der Waals surface area (Å²) in [5.41, 5.74) is 0.108. The van der Waals surface area contributed by atoms with Crippen molar-refractivity contribution in [2.45, 2.75) is 12.0 Å². The molecule has 1 saturated heterocycles. The van der Waals surface area contributed by atoms with Gasteiger partial charge in [-0.3, -0.25) is 4.79 Å². The molecule has 3 rings (SSSR count). The third kappa shape index (κ3) is 3.28. The summed E-state index contributed by atoms with van der Waals surface area (Å²) in [5.74, 6) is 0.271. The summed E-state index contributed by atoms with van der Waals surface area (Å²) in [4.78, 5) is 14.4. The van der Waals surface area contributed by atoms with Gasteiger partial charge < -0.3 is 18.9 Å². The van der Waals surface area contributed by atoms with E-state index in [9.17, 15) is 9.18 Å². The molecule has 0 radical (unpaired) electrons. The number of ether oxygens (including phenoxy) is 2. The Balaban J connectivity index is 1.65. The van der Waals surface area contributed by atoms with Crippen LogP contribution in [0.1, 0.15) is 16.9 Å². The number of hydrogen-bond donors (Lipinski definition) is 0. The van der Waals surface area contributed by atoms with E-state index in [2.05, 4.69) is 0 Å². The fourth-order valence-electron chi connectivity index (χ4n) is 2.95. The molecule has 1 aliphatic rings. The molecule has 1 fully saturated rings. The number of halogens is 1. The van der Waals surface area contributed by atoms with Crippen molar-refractivity contribution in [2.24, 2.45) is 7.05 Å². The van der Waals surface area contributed by atoms with Gasteiger partial charge in [0.2, 0.25) is 0 Å². The Morgan fingerprint density at radius 1 is 1.29 bits per heavy atom. The molecule has 24 heavy (non-hydrogen) atoms. The highest BCUT2D eigenvalue weighted by Crippen LogP contribution is 2.27. The van der Waals surface area contributed by atoms with Gasteiger partial charge in [0, 0.05) is 26.9 Å². The van der Waals surface area contributed by atoms with Gasteiger partial charge in [-0.2, -0.15) is 0 Å². The Morgan fingerprint density at radius 2 is 2.04 bits per heavy atom. The molecule has 6 heteroatoms. The number of nitrogens with zero attached hydrogens (tertiary/aromatic N) is 2. The van der Waals surface area contributed by atoms with Gasteiger partial charge in [-0.15, -0.1) is 0 Å². The van der Waals surface area contributed by atoms with Gasteiger partial charge in [0.25, 0.3) is 5.91 Å². The standard InChI is InChI=1S/C18H21FN2O3/c1-20-10-3-4-16(20)17(22)21-11-9-18(12-21,23-2)13-24-15-7-5-14(19)6-8-15/h3-8,10H,9,11-13H2,1-2H3/t18-/m1/s1. The van der Waals surface area contributed by atoms with Crippen molar-refractivity contribution < 1.29 is 18.7 Å². The lowest BCUT2D eigenvalue weighted by Gasteiger charge is -2.28. The zero-order valence-corrected chi connectivity index (χ0v) is 13.9. The molecule has 128 valence electrons. The van der Waals surface area contributed by atoms with E-state index in [1.54, 1.807) is 24.1 Å². The van der Waals surface area contributed by atoms with Crippen molar-refractivity contribution in [3.63, 3.8) is 0 Å². The van der Waals surface area contributed by atoms with Gasteiger partial charge in [-0.1, -0.05) is 0 Å². The first-order valence-electron chi connectivity index (χ1n) is 7.87. The van der Waals surface area contributed by atoms with E-state index < -0.39 is 5.60 Å². The third-order valence-corrected chi connectivity index (χ3v) is 4.51. The van der Waals surface area contributed by atoms with Crippen LogP contribution in [0.2, 0.25) is 0 Å². The van der Waals surface area contributed by atoms with Crippen molar-refractivity contribution >= 4 is 5.91 Å². The van der Waals surface area contributed by atoms with Crippen LogP contribution in [0.4, 0.5) is 4.39 Å². The van der Waals surface area contributed by atoms with Crippen molar-refractivity contribution in [2.75, 3.05) is 26.8 Å². The Labute approximate surface area is 140 Å². The van der Waals surface area contributed by atoms with Crippen LogP contribution in [0.15, 0.2) is 42.6 Å². The van der Waals surface area contributed by atoms with Crippen LogP contribution in [-0.2, 0) is 11.8 Å². The lowest BCUT2D eigenvalue weighted by Crippen LogP contribution is -2.42. The first-order chi connectivity index (χ1) is 11.5. The van der Waals surface area contributed by atoms with Gasteiger partial charge in [-0.25, -0.2) is 4.39 Å². The molecule has 0 bridgehead atoms. The summed E-state index contributed by atoms with van der Waals surface area (Å²) in [5, 5.41) is 0. The molecular weight excluding hydrogens is 311 g/mol. The number of amides is 1. The highest BCUT2D eigenvalue weighted by atomic mass is 19.1. The lowest BCUT2D eigenvalue weighted by atomic mass is 10.0. The average molecular weight is 332 g/mol. The van der Waals surface area contributed by atoms with Crippen LogP contribution in [0.25, 0.3) is 0 Å². The van der Waals surface area contributed by atoms with E-state index in [0.717, 1.165) is 0 Å². The Hall–Kier alpha value is -2.34. The molecular formula is C18H21FN2O3. The highest BCUT2D eigenvalue weighted by Gasteiger charge is 2.41. The predicted molar refractivity (Wildman–Crippen MR) is 87.6 cm³/mol. The quantitative estimate of drug-likeness (QED) is 0.845. The summed E-state index contributed by atoms with van der Waals surface area (Å²) < 4.78 is 26.2. The SMILES string of the molecule is CO[C@]1(COc2ccc(F)cc2)CCN(C(=O)c2cccn2C)C1. The van der Waals surface area contributed by atoms with Crippen LogP contribution in [0.3, 0.4) is 0 Å². The molecule has 0 saturated carbocycles. The summed E-state index contributed by atoms with van der Waals surface area (Å²) in [6, 6.07) is 9.54. The van der Waals surface area contributed by atoms with E-state index in [1.165, 1.54) is 12.1 Å². The van der Waals surface area contributed by atoms with E-state index >= 15 is 0 Å². The molecule has 5 nitrogen and oxygen atoms in total. The predicted octanol–water partition coefficient (Wildman–Crippen LogP) is 2.47. The molecule has 1 aliphatic heterocycles. The Morgan fingerprint density at radius 3 is 2.67 bits per heavy atom. The molecule has 1 amide bonds. The van der Waals surface area contributed by atoms with Crippen molar-refractivity contribution in [3.05, 3.63) is 54.1 Å². The Kier molecular flexibility index (Phi) is 4.57. The number of benzene rings is 1. The van der Waals surface area contributed by atoms with Crippen molar-refractivity contribution in [1.82, 2.24) is 9.47 Å². The molecule has 0 spiro atoms. The largest absolute Gasteiger partial charge is 0.491 e. The fraction of sp³-hybridized carbons (Fsp3) is 0.389. The van der Waals surface area contributed by atoms with Gasteiger partial charge >= 0.3 is 0 Å². The van der Waals surface area contributed by atoms with Crippen molar-refractivity contribution in [1.29, 1.82) is 0 Å². The van der Waals surface area contributed by atoms with Crippen LogP contribution in [0.5, 0.6) is 5.75 Å². The number of likely N-dealkylation sites (tertiary alicyclic amines) is 1. The number of aryl methyl sites for hydroxylation is 1. The summed E-state index contributed by atoms with van der Waals surface area (Å²) in [6.45, 7) is 1.39. The lowest BCUT2D eigenvalue weighted by molar-refractivity contribution is -0.0343. The highest BCUT2D eigenvalue weighted by molar-refractivity contribution is 5.93. The molecule has 1 aromatic heterocycles. The molecule has 0 unspecified atom stereocenters. The number of rotatable bonds is 5. The van der Waals surface area contributed by atoms with Gasteiger partial charge in [0.15, 0.2) is 0 Å². The normalized spacial score (nSPS) is 20.4. The van der Waals surface area contributed by atoms with Crippen LogP contribution in [-0.4, -0.2) is 47.8 Å². The first kappa shape index (κ1) is 16.5. The molecule has 0 N–H and O–H groups in total. The second kappa shape index (κ2) is 6.65. The zero-order chi connectivity index (χ0) is 17.2. The van der Waals surface area contributed by atoms with Gasteiger partial charge in [-0.05, 0) is 42.8 Å². The Bertz CT molecular complexity index is 713. The maximum Gasteiger partial charge on any atom is 0.270 e. The summed E-state index contributed by atoms with van der Waals surface area (Å²) >= 11 is 0. The second-order valence-electron chi connectivity index (χ2n) is 6.11. The van der Waals surface area contributed by atoms with Crippen LogP contribution in [0, 0.1) is 5.82 Å². The number of methoxy groups -OCH3 is 1. The average Bonchev–Trinajstić information content (AvgIpc) is 3.21. The monoisotopic (exact) mass is 332 g/mol. The van der Waals surface area contributed by atoms with E-state index in [4.69, 9.17) is 9.47 Å². The maximum atomic E-state index is 13.0. The van der Waals surface area contributed by atoms with Gasteiger partial charge in [0.05, 0.1) is 6.54 Å². The van der Waals surface area contributed by atoms with Crippen LogP contribution >= 0.6 is 0 Å². The zero-order valence-electron chi connectivity index (χ0n) is 13.9. The number of aromatic nitrogens is 1. The smallest absolute Gasteiger partial charge is 0.270 e. The van der Waals surface area contributed by atoms with Crippen molar-refractivity contribution in [3.8, 4) is 5.75 Å². The van der Waals surface area contributed by atoms with E-state index in [1.807, 2.05) is 29.9 Å². The fourth-order valence-corrected chi connectivity index (χ4v) is 2.95. The van der Waals surface area contributed by atoms with Crippen LogP contribution < -0.4 is 4.74 Å². The summed E-state index contributed by atoms with van der Waals surface area (Å²) in [7, 11) is 3.48.